The third-order valence-electron chi connectivity index (χ3n) is 9.49. The third kappa shape index (κ3) is 6.48. The van der Waals surface area contributed by atoms with Gasteiger partial charge >= 0.3 is 0 Å². The fourth-order valence-corrected chi connectivity index (χ4v) is 7.96. The number of halogens is 3. The van der Waals surface area contributed by atoms with Crippen molar-refractivity contribution in [3.63, 3.8) is 0 Å². The topological polar surface area (TPSA) is 0 Å². The van der Waals surface area contributed by atoms with Crippen molar-refractivity contribution >= 4 is 22.6 Å². The minimum atomic E-state index is -0.290. The quantitative estimate of drug-likeness (QED) is 0.232. The van der Waals surface area contributed by atoms with Gasteiger partial charge in [0.15, 0.2) is 0 Å². The highest BCUT2D eigenvalue weighted by Crippen LogP contribution is 2.42. The molecule has 190 valence electrons. The standard InChI is InChI=1S/C32H41F2I/c33-31-20-23(7-6-22-8-11-25(12-9-22)26-13-16-28(35)17-14-26)10-18-29(31)30-19-15-27(21-32(30)34)24-4-2-1-3-5-24/h10,15,18-22,24-26,28H,1-9,11-14,16-17H2. The molecule has 0 heterocycles. The van der Waals surface area contributed by atoms with Crippen molar-refractivity contribution in [2.75, 3.05) is 0 Å². The zero-order valence-electron chi connectivity index (χ0n) is 21.1. The molecule has 35 heavy (non-hydrogen) atoms. The molecule has 3 fully saturated rings. The van der Waals surface area contributed by atoms with Gasteiger partial charge in [0, 0.05) is 15.1 Å². The fourth-order valence-electron chi connectivity index (χ4n) is 7.24. The van der Waals surface area contributed by atoms with Crippen molar-refractivity contribution in [1.82, 2.24) is 0 Å². The minimum Gasteiger partial charge on any atom is -0.206 e. The second-order valence-electron chi connectivity index (χ2n) is 11.7. The van der Waals surface area contributed by atoms with Crippen molar-refractivity contribution in [2.45, 2.75) is 106 Å². The van der Waals surface area contributed by atoms with Gasteiger partial charge in [-0.1, -0.05) is 79.0 Å². The largest absolute Gasteiger partial charge is 0.206 e. The Morgan fingerprint density at radius 3 is 1.89 bits per heavy atom. The fraction of sp³-hybridized carbons (Fsp3) is 0.625. The maximum atomic E-state index is 15.1. The van der Waals surface area contributed by atoms with Crippen LogP contribution in [0.3, 0.4) is 0 Å². The van der Waals surface area contributed by atoms with Gasteiger partial charge in [0.2, 0.25) is 0 Å². The van der Waals surface area contributed by atoms with Crippen LogP contribution in [0.4, 0.5) is 8.78 Å². The van der Waals surface area contributed by atoms with E-state index < -0.39 is 0 Å². The third-order valence-corrected chi connectivity index (χ3v) is 10.7. The molecule has 0 aromatic heterocycles. The average Bonchev–Trinajstić information content (AvgIpc) is 2.89. The first-order chi connectivity index (χ1) is 17.1. The Bertz CT molecular complexity index is 964. The summed E-state index contributed by atoms with van der Waals surface area (Å²) in [4.78, 5) is 0. The van der Waals surface area contributed by atoms with Crippen LogP contribution in [0.25, 0.3) is 11.1 Å². The summed E-state index contributed by atoms with van der Waals surface area (Å²) in [5, 5.41) is 0. The van der Waals surface area contributed by atoms with E-state index >= 15 is 4.39 Å². The van der Waals surface area contributed by atoms with Gasteiger partial charge in [0.25, 0.3) is 0 Å². The molecule has 0 saturated heterocycles. The molecule has 2 aromatic carbocycles. The number of alkyl halides is 1. The summed E-state index contributed by atoms with van der Waals surface area (Å²) >= 11 is 2.63. The van der Waals surface area contributed by atoms with E-state index in [1.54, 1.807) is 24.3 Å². The number of rotatable bonds is 6. The Balaban J connectivity index is 1.14. The lowest BCUT2D eigenvalue weighted by Crippen LogP contribution is -2.26. The highest BCUT2D eigenvalue weighted by molar-refractivity contribution is 14.1. The molecule has 3 aliphatic carbocycles. The van der Waals surface area contributed by atoms with Gasteiger partial charge in [-0.2, -0.15) is 0 Å². The van der Waals surface area contributed by atoms with Gasteiger partial charge in [0.1, 0.15) is 11.6 Å². The smallest absolute Gasteiger partial charge is 0.131 e. The van der Waals surface area contributed by atoms with Gasteiger partial charge in [-0.25, -0.2) is 8.78 Å². The van der Waals surface area contributed by atoms with Crippen molar-refractivity contribution in [1.29, 1.82) is 0 Å². The van der Waals surface area contributed by atoms with Crippen LogP contribution in [0.5, 0.6) is 0 Å². The summed E-state index contributed by atoms with van der Waals surface area (Å²) in [5.41, 5.74) is 2.91. The first-order valence-electron chi connectivity index (χ1n) is 14.3. The van der Waals surface area contributed by atoms with Crippen LogP contribution < -0.4 is 0 Å². The summed E-state index contributed by atoms with van der Waals surface area (Å²) < 4.78 is 30.9. The van der Waals surface area contributed by atoms with Crippen molar-refractivity contribution in [3.8, 4) is 11.1 Å². The lowest BCUT2D eigenvalue weighted by atomic mass is 9.70. The van der Waals surface area contributed by atoms with E-state index in [9.17, 15) is 4.39 Å². The first-order valence-corrected chi connectivity index (χ1v) is 15.5. The second-order valence-corrected chi connectivity index (χ2v) is 13.5. The van der Waals surface area contributed by atoms with Crippen molar-refractivity contribution in [2.24, 2.45) is 17.8 Å². The van der Waals surface area contributed by atoms with E-state index in [4.69, 9.17) is 0 Å². The maximum absolute atomic E-state index is 15.1. The van der Waals surface area contributed by atoms with Crippen LogP contribution >= 0.6 is 22.6 Å². The highest BCUT2D eigenvalue weighted by Gasteiger charge is 2.30. The van der Waals surface area contributed by atoms with Crippen LogP contribution in [-0.4, -0.2) is 3.92 Å². The molecule has 0 spiro atoms. The van der Waals surface area contributed by atoms with Crippen LogP contribution in [0.15, 0.2) is 36.4 Å². The van der Waals surface area contributed by atoms with E-state index in [0.29, 0.717) is 17.0 Å². The monoisotopic (exact) mass is 590 g/mol. The molecule has 5 rings (SSSR count). The van der Waals surface area contributed by atoms with Crippen LogP contribution in [0.1, 0.15) is 107 Å². The van der Waals surface area contributed by atoms with Crippen LogP contribution in [-0.2, 0) is 6.42 Å². The molecule has 3 aliphatic rings. The van der Waals surface area contributed by atoms with E-state index in [-0.39, 0.29) is 11.6 Å². The number of hydrogen-bond acceptors (Lipinski definition) is 0. The number of aryl methyl sites for hydroxylation is 1. The summed E-state index contributed by atoms with van der Waals surface area (Å²) in [6, 6.07) is 10.9. The predicted octanol–water partition coefficient (Wildman–Crippen LogP) is 10.4. The molecular formula is C32H41F2I. The van der Waals surface area contributed by atoms with Crippen LogP contribution in [0, 0.1) is 29.4 Å². The second kappa shape index (κ2) is 12.0. The Morgan fingerprint density at radius 2 is 1.26 bits per heavy atom. The Labute approximate surface area is 224 Å². The number of benzene rings is 2. The zero-order chi connectivity index (χ0) is 24.2. The summed E-state index contributed by atoms with van der Waals surface area (Å²) in [6.07, 6.45) is 19.3. The molecule has 3 saturated carbocycles. The molecular weight excluding hydrogens is 549 g/mol. The van der Waals surface area contributed by atoms with Gasteiger partial charge in [0.05, 0.1) is 0 Å². The molecule has 0 nitrogen and oxygen atoms in total. The lowest BCUT2D eigenvalue weighted by molar-refractivity contribution is 0.166. The van der Waals surface area contributed by atoms with E-state index in [1.807, 2.05) is 12.1 Å². The highest BCUT2D eigenvalue weighted by atomic mass is 127. The first kappa shape index (κ1) is 25.7. The zero-order valence-corrected chi connectivity index (χ0v) is 23.2. The van der Waals surface area contributed by atoms with E-state index in [0.717, 1.165) is 58.5 Å². The van der Waals surface area contributed by atoms with Crippen molar-refractivity contribution in [3.05, 3.63) is 59.2 Å². The normalized spacial score (nSPS) is 28.2. The van der Waals surface area contributed by atoms with Crippen LogP contribution in [0.2, 0.25) is 0 Å². The average molecular weight is 591 g/mol. The maximum Gasteiger partial charge on any atom is 0.131 e. The lowest BCUT2D eigenvalue weighted by Gasteiger charge is -2.37. The summed E-state index contributed by atoms with van der Waals surface area (Å²) in [6.45, 7) is 0. The van der Waals surface area contributed by atoms with E-state index in [2.05, 4.69) is 22.6 Å². The SMILES string of the molecule is Fc1cc(CCC2CCC(C3CCC(I)CC3)CC2)ccc1-c1ccc(C2CCCCC2)cc1F. The van der Waals surface area contributed by atoms with Gasteiger partial charge in [-0.3, -0.25) is 0 Å². The van der Waals surface area contributed by atoms with Gasteiger partial charge in [-0.15, -0.1) is 0 Å². The Morgan fingerprint density at radius 1 is 0.657 bits per heavy atom. The molecule has 2 aromatic rings. The predicted molar refractivity (Wildman–Crippen MR) is 151 cm³/mol. The molecule has 0 aliphatic heterocycles. The molecule has 0 amide bonds. The Hall–Kier alpha value is -0.970. The van der Waals surface area contributed by atoms with Gasteiger partial charge < -0.3 is 0 Å². The Kier molecular flexibility index (Phi) is 8.84. The number of hydrogen-bond donors (Lipinski definition) is 0. The molecule has 0 bridgehead atoms. The summed E-state index contributed by atoms with van der Waals surface area (Å²) in [7, 11) is 0. The summed E-state index contributed by atoms with van der Waals surface area (Å²) in [5.74, 6) is 2.58. The van der Waals surface area contributed by atoms with Crippen molar-refractivity contribution < 1.29 is 8.78 Å². The molecule has 0 radical (unpaired) electrons. The molecule has 0 atom stereocenters. The molecule has 3 heteroatoms. The van der Waals surface area contributed by atoms with E-state index in [1.165, 1.54) is 70.6 Å². The van der Waals surface area contributed by atoms with Gasteiger partial charge in [-0.05, 0) is 111 Å². The molecule has 0 unspecified atom stereocenters. The minimum absolute atomic E-state index is 0.288. The molecule has 0 N–H and O–H groups in total.